The average molecular weight is 437 g/mol. The molecule has 0 bridgehead atoms. The van der Waals surface area contributed by atoms with Gasteiger partial charge >= 0.3 is 0 Å². The second-order valence-electron chi connectivity index (χ2n) is 5.80. The van der Waals surface area contributed by atoms with Crippen LogP contribution in [0, 0.1) is 0 Å². The van der Waals surface area contributed by atoms with Gasteiger partial charge in [0.1, 0.15) is 17.3 Å². The summed E-state index contributed by atoms with van der Waals surface area (Å²) in [6.45, 7) is 0.844. The fraction of sp³-hybridized carbons (Fsp3) is 0.0952. The number of ether oxygens (including phenoxy) is 1. The smallest absolute Gasteiger partial charge is 0.130 e. The molecule has 0 aliphatic carbocycles. The van der Waals surface area contributed by atoms with Gasteiger partial charge in [-0.15, -0.1) is 0 Å². The summed E-state index contributed by atoms with van der Waals surface area (Å²) in [4.78, 5) is 0.557. The molecule has 1 N–H and O–H groups in total. The first-order valence-electron chi connectivity index (χ1n) is 8.22. The number of halogens is 3. The maximum Gasteiger partial charge on any atom is 0.130 e. The molecule has 3 aromatic carbocycles. The van der Waals surface area contributed by atoms with Crippen molar-refractivity contribution in [3.05, 3.63) is 98.5 Å². The first-order valence-corrected chi connectivity index (χ1v) is 9.76. The molecule has 0 saturated heterocycles. The molecule has 3 rings (SSSR count). The molecule has 0 aliphatic heterocycles. The van der Waals surface area contributed by atoms with Crippen molar-refractivity contribution in [1.29, 1.82) is 0 Å². The predicted molar refractivity (Wildman–Crippen MR) is 117 cm³/mol. The molecule has 0 heterocycles. The molecule has 6 heteroatoms. The molecule has 0 atom stereocenters. The number of hydrogen-bond acceptors (Lipinski definition) is 2. The quantitative estimate of drug-likeness (QED) is 0.435. The third kappa shape index (κ3) is 5.36. The van der Waals surface area contributed by atoms with Gasteiger partial charge in [0.15, 0.2) is 0 Å². The van der Waals surface area contributed by atoms with Crippen molar-refractivity contribution >= 4 is 52.0 Å². The molecule has 0 aliphatic rings. The summed E-state index contributed by atoms with van der Waals surface area (Å²) < 4.78 is 5.96. The molecule has 3 aromatic rings. The molecule has 2 nitrogen and oxygen atoms in total. The van der Waals surface area contributed by atoms with Crippen LogP contribution in [0.15, 0.2) is 66.7 Å². The maximum atomic E-state index is 6.22. The Morgan fingerprint density at radius 1 is 0.889 bits per heavy atom. The van der Waals surface area contributed by atoms with Gasteiger partial charge in [0, 0.05) is 27.2 Å². The van der Waals surface area contributed by atoms with E-state index in [1.165, 1.54) is 0 Å². The SMILES string of the molecule is S=C(NCc1ccccc1)c1cc(Cl)ccc1OCc1c(Cl)cccc1Cl. The predicted octanol–water partition coefficient (Wildman–Crippen LogP) is 6.69. The topological polar surface area (TPSA) is 21.3 Å². The van der Waals surface area contributed by atoms with Crippen LogP contribution in [0.4, 0.5) is 0 Å². The van der Waals surface area contributed by atoms with Gasteiger partial charge in [-0.3, -0.25) is 0 Å². The molecular weight excluding hydrogens is 421 g/mol. The average Bonchev–Trinajstić information content (AvgIpc) is 2.67. The zero-order chi connectivity index (χ0) is 19.2. The van der Waals surface area contributed by atoms with E-state index in [9.17, 15) is 0 Å². The molecular formula is C21H16Cl3NOS. The van der Waals surface area contributed by atoms with Gasteiger partial charge in [-0.25, -0.2) is 0 Å². The van der Waals surface area contributed by atoms with Gasteiger partial charge in [-0.1, -0.05) is 83.4 Å². The van der Waals surface area contributed by atoms with Crippen LogP contribution in [0.25, 0.3) is 0 Å². The molecule has 0 radical (unpaired) electrons. The highest BCUT2D eigenvalue weighted by Gasteiger charge is 2.12. The number of thiocarbonyl (C=S) groups is 1. The highest BCUT2D eigenvalue weighted by molar-refractivity contribution is 7.80. The van der Waals surface area contributed by atoms with Crippen LogP contribution in [0.1, 0.15) is 16.7 Å². The highest BCUT2D eigenvalue weighted by Crippen LogP contribution is 2.28. The van der Waals surface area contributed by atoms with E-state index in [-0.39, 0.29) is 6.61 Å². The summed E-state index contributed by atoms with van der Waals surface area (Å²) >= 11 is 24.1. The van der Waals surface area contributed by atoms with Crippen LogP contribution in [0.3, 0.4) is 0 Å². The van der Waals surface area contributed by atoms with E-state index in [0.717, 1.165) is 16.7 Å². The zero-order valence-electron chi connectivity index (χ0n) is 14.2. The fourth-order valence-corrected chi connectivity index (χ4v) is 3.41. The fourth-order valence-electron chi connectivity index (χ4n) is 2.50. The van der Waals surface area contributed by atoms with Crippen molar-refractivity contribution < 1.29 is 4.74 Å². The lowest BCUT2D eigenvalue weighted by Crippen LogP contribution is -2.22. The second-order valence-corrected chi connectivity index (χ2v) is 7.46. The molecule has 0 aromatic heterocycles. The lowest BCUT2D eigenvalue weighted by molar-refractivity contribution is 0.306. The van der Waals surface area contributed by atoms with Crippen LogP contribution in [0.2, 0.25) is 15.1 Å². The van der Waals surface area contributed by atoms with Crippen molar-refractivity contribution in [2.75, 3.05) is 0 Å². The van der Waals surface area contributed by atoms with E-state index in [1.54, 1.807) is 36.4 Å². The Morgan fingerprint density at radius 3 is 2.30 bits per heavy atom. The van der Waals surface area contributed by atoms with E-state index in [0.29, 0.717) is 32.4 Å². The first-order chi connectivity index (χ1) is 13.0. The van der Waals surface area contributed by atoms with Gasteiger partial charge in [-0.2, -0.15) is 0 Å². The van der Waals surface area contributed by atoms with Crippen molar-refractivity contribution in [1.82, 2.24) is 5.32 Å². The van der Waals surface area contributed by atoms with Gasteiger partial charge in [0.25, 0.3) is 0 Å². The summed E-state index contributed by atoms with van der Waals surface area (Å²) in [5, 5.41) is 4.94. The molecule has 0 saturated carbocycles. The Kier molecular flexibility index (Phi) is 6.97. The summed E-state index contributed by atoms with van der Waals surface area (Å²) in [7, 11) is 0. The normalized spacial score (nSPS) is 10.5. The molecule has 0 fully saturated rings. The Bertz CT molecular complexity index is 927. The number of benzene rings is 3. The van der Waals surface area contributed by atoms with E-state index < -0.39 is 0 Å². The molecule has 27 heavy (non-hydrogen) atoms. The van der Waals surface area contributed by atoms with Crippen LogP contribution >= 0.6 is 47.0 Å². The molecule has 0 spiro atoms. The van der Waals surface area contributed by atoms with Crippen molar-refractivity contribution in [2.24, 2.45) is 0 Å². The third-order valence-corrected chi connectivity index (χ3v) is 5.22. The Balaban J connectivity index is 1.75. The maximum absolute atomic E-state index is 6.22. The van der Waals surface area contributed by atoms with E-state index in [4.69, 9.17) is 51.8 Å². The summed E-state index contributed by atoms with van der Waals surface area (Å²) in [5.74, 6) is 0.612. The minimum Gasteiger partial charge on any atom is -0.488 e. The molecule has 0 amide bonds. The highest BCUT2D eigenvalue weighted by atomic mass is 35.5. The standard InChI is InChI=1S/C21H16Cl3NOS/c22-15-9-10-20(26-13-17-18(23)7-4-8-19(17)24)16(11-15)21(27)25-12-14-5-2-1-3-6-14/h1-11H,12-13H2,(H,25,27). The van der Waals surface area contributed by atoms with Crippen LogP contribution in [-0.2, 0) is 13.2 Å². The summed E-state index contributed by atoms with van der Waals surface area (Å²) in [6.07, 6.45) is 0. The van der Waals surface area contributed by atoms with Gasteiger partial charge in [0.2, 0.25) is 0 Å². The zero-order valence-corrected chi connectivity index (χ0v) is 17.3. The third-order valence-electron chi connectivity index (χ3n) is 3.92. The molecule has 138 valence electrons. The van der Waals surface area contributed by atoms with Crippen molar-refractivity contribution in [3.8, 4) is 5.75 Å². The van der Waals surface area contributed by atoms with Crippen LogP contribution < -0.4 is 10.1 Å². The van der Waals surface area contributed by atoms with Crippen molar-refractivity contribution in [3.63, 3.8) is 0 Å². The van der Waals surface area contributed by atoms with E-state index >= 15 is 0 Å². The minimum absolute atomic E-state index is 0.231. The van der Waals surface area contributed by atoms with Crippen LogP contribution in [-0.4, -0.2) is 4.99 Å². The van der Waals surface area contributed by atoms with Gasteiger partial charge in [0.05, 0.1) is 5.56 Å². The van der Waals surface area contributed by atoms with E-state index in [1.807, 2.05) is 30.3 Å². The Hall–Kier alpha value is -1.78. The van der Waals surface area contributed by atoms with Crippen LogP contribution in [0.5, 0.6) is 5.75 Å². The largest absolute Gasteiger partial charge is 0.488 e. The number of hydrogen-bond donors (Lipinski definition) is 1. The number of nitrogens with one attached hydrogen (secondary N) is 1. The summed E-state index contributed by atoms with van der Waals surface area (Å²) in [5.41, 5.74) is 2.58. The van der Waals surface area contributed by atoms with Gasteiger partial charge in [-0.05, 0) is 35.9 Å². The number of rotatable bonds is 6. The van der Waals surface area contributed by atoms with Crippen molar-refractivity contribution in [2.45, 2.75) is 13.2 Å². The van der Waals surface area contributed by atoms with E-state index in [2.05, 4.69) is 5.32 Å². The van der Waals surface area contributed by atoms with Gasteiger partial charge < -0.3 is 10.1 Å². The minimum atomic E-state index is 0.231. The second kappa shape index (κ2) is 9.43. The Morgan fingerprint density at radius 2 is 1.59 bits per heavy atom. The monoisotopic (exact) mass is 435 g/mol. The lowest BCUT2D eigenvalue weighted by Gasteiger charge is -2.15. The summed E-state index contributed by atoms with van der Waals surface area (Å²) in [6, 6.07) is 20.7. The molecule has 0 unspecified atom stereocenters. The first kappa shape index (κ1) is 20.0. The Labute approximate surface area is 179 Å². The lowest BCUT2D eigenvalue weighted by atomic mass is 10.1.